The van der Waals surface area contributed by atoms with Crippen molar-refractivity contribution in [3.8, 4) is 0 Å². The topological polar surface area (TPSA) is 113 Å². The number of amides is 2. The first-order valence-corrected chi connectivity index (χ1v) is 7.40. The second-order valence-corrected chi connectivity index (χ2v) is 5.81. The fourth-order valence-electron chi connectivity index (χ4n) is 2.26. The predicted octanol–water partition coefficient (Wildman–Crippen LogP) is 2.69. The van der Waals surface area contributed by atoms with Crippen molar-refractivity contribution < 1.29 is 19.6 Å². The minimum Gasteiger partial charge on any atom is -0.481 e. The number of hydrogen-bond acceptors (Lipinski definition) is 4. The van der Waals surface area contributed by atoms with Gasteiger partial charge in [-0.1, -0.05) is 0 Å². The number of carboxylic acid groups (broad SMARTS) is 1. The number of piperidine rings is 1. The Morgan fingerprint density at radius 3 is 2.55 bits per heavy atom. The summed E-state index contributed by atoms with van der Waals surface area (Å²) >= 11 is 3.07. The SMILES string of the molecule is O=C(O)C1CCN(C(=O)Nc2ccc(Br)c([N+](=O)[O-])c2)CC1. The number of rotatable bonds is 3. The highest BCUT2D eigenvalue weighted by Crippen LogP contribution is 2.28. The van der Waals surface area contributed by atoms with Crippen LogP contribution in [-0.4, -0.2) is 40.0 Å². The summed E-state index contributed by atoms with van der Waals surface area (Å²) in [5.41, 5.74) is 0.183. The first-order chi connectivity index (χ1) is 10.4. The summed E-state index contributed by atoms with van der Waals surface area (Å²) in [5.74, 6) is -1.26. The van der Waals surface area contributed by atoms with Gasteiger partial charge < -0.3 is 15.3 Å². The van der Waals surface area contributed by atoms with Crippen LogP contribution in [0, 0.1) is 16.0 Å². The molecule has 0 radical (unpaired) electrons. The first-order valence-electron chi connectivity index (χ1n) is 6.61. The van der Waals surface area contributed by atoms with E-state index in [1.807, 2.05) is 0 Å². The van der Waals surface area contributed by atoms with Gasteiger partial charge in [-0.25, -0.2) is 4.79 Å². The van der Waals surface area contributed by atoms with Gasteiger partial charge in [-0.05, 0) is 40.9 Å². The molecule has 0 aliphatic carbocycles. The zero-order chi connectivity index (χ0) is 16.3. The molecule has 22 heavy (non-hydrogen) atoms. The zero-order valence-electron chi connectivity index (χ0n) is 11.5. The predicted molar refractivity (Wildman–Crippen MR) is 81.7 cm³/mol. The molecule has 1 aliphatic heterocycles. The van der Waals surface area contributed by atoms with E-state index in [2.05, 4.69) is 21.2 Å². The summed E-state index contributed by atoms with van der Waals surface area (Å²) in [5, 5.41) is 22.4. The number of likely N-dealkylation sites (tertiary alicyclic amines) is 1. The van der Waals surface area contributed by atoms with Crippen molar-refractivity contribution in [2.45, 2.75) is 12.8 Å². The molecule has 0 atom stereocenters. The molecule has 1 aromatic rings. The number of hydrogen-bond donors (Lipinski definition) is 2. The van der Waals surface area contributed by atoms with Gasteiger partial charge in [-0.3, -0.25) is 14.9 Å². The van der Waals surface area contributed by atoms with Crippen LogP contribution in [0.15, 0.2) is 22.7 Å². The van der Waals surface area contributed by atoms with Crippen molar-refractivity contribution in [2.24, 2.45) is 5.92 Å². The van der Waals surface area contributed by atoms with Crippen molar-refractivity contribution >= 4 is 39.3 Å². The number of nitrogens with one attached hydrogen (secondary N) is 1. The summed E-state index contributed by atoms with van der Waals surface area (Å²) in [6.07, 6.45) is 0.812. The van der Waals surface area contributed by atoms with Crippen LogP contribution in [0.5, 0.6) is 0 Å². The van der Waals surface area contributed by atoms with Gasteiger partial charge >= 0.3 is 12.0 Å². The van der Waals surface area contributed by atoms with Crippen molar-refractivity contribution in [1.29, 1.82) is 0 Å². The number of nitrogens with zero attached hydrogens (tertiary/aromatic N) is 2. The van der Waals surface area contributed by atoms with E-state index in [0.29, 0.717) is 36.1 Å². The molecule has 2 rings (SSSR count). The molecule has 0 bridgehead atoms. The molecule has 1 fully saturated rings. The average molecular weight is 372 g/mol. The highest BCUT2D eigenvalue weighted by Gasteiger charge is 2.27. The molecule has 1 aromatic carbocycles. The number of urea groups is 1. The number of nitro benzene ring substituents is 1. The summed E-state index contributed by atoms with van der Waals surface area (Å²) in [6, 6.07) is 3.93. The van der Waals surface area contributed by atoms with Crippen molar-refractivity contribution in [2.75, 3.05) is 18.4 Å². The smallest absolute Gasteiger partial charge is 0.321 e. The molecular formula is C13H14BrN3O5. The van der Waals surface area contributed by atoms with Crippen LogP contribution in [0.1, 0.15) is 12.8 Å². The number of benzene rings is 1. The molecule has 9 heteroatoms. The van der Waals surface area contributed by atoms with Crippen molar-refractivity contribution in [3.63, 3.8) is 0 Å². The number of nitro groups is 1. The molecule has 0 spiro atoms. The van der Waals surface area contributed by atoms with Gasteiger partial charge in [0.15, 0.2) is 0 Å². The maximum absolute atomic E-state index is 12.1. The Morgan fingerprint density at radius 1 is 1.36 bits per heavy atom. The fraction of sp³-hybridized carbons (Fsp3) is 0.385. The molecule has 1 aliphatic rings. The van der Waals surface area contributed by atoms with Crippen LogP contribution in [0.25, 0.3) is 0 Å². The Morgan fingerprint density at radius 2 is 2.00 bits per heavy atom. The van der Waals surface area contributed by atoms with E-state index < -0.39 is 16.8 Å². The molecule has 2 amide bonds. The molecule has 118 valence electrons. The molecule has 1 saturated heterocycles. The Bertz CT molecular complexity index is 614. The number of halogens is 1. The number of carboxylic acids is 1. The van der Waals surface area contributed by atoms with Gasteiger partial charge in [0.1, 0.15) is 0 Å². The lowest BCUT2D eigenvalue weighted by atomic mass is 9.97. The Balaban J connectivity index is 2.00. The summed E-state index contributed by atoms with van der Waals surface area (Å²) in [6.45, 7) is 0.697. The number of carbonyl (C=O) groups excluding carboxylic acids is 1. The maximum atomic E-state index is 12.1. The lowest BCUT2D eigenvalue weighted by Gasteiger charge is -2.30. The van der Waals surface area contributed by atoms with E-state index in [1.54, 1.807) is 6.07 Å². The lowest BCUT2D eigenvalue weighted by Crippen LogP contribution is -2.42. The third-order valence-corrected chi connectivity index (χ3v) is 4.20. The number of anilines is 1. The van der Waals surface area contributed by atoms with Crippen molar-refractivity contribution in [1.82, 2.24) is 4.90 Å². The number of carbonyl (C=O) groups is 2. The lowest BCUT2D eigenvalue weighted by molar-refractivity contribution is -0.385. The Kier molecular flexibility index (Phi) is 4.96. The monoisotopic (exact) mass is 371 g/mol. The minimum atomic E-state index is -0.844. The van der Waals surface area contributed by atoms with Gasteiger partial charge in [0.05, 0.1) is 15.3 Å². The minimum absolute atomic E-state index is 0.137. The van der Waals surface area contributed by atoms with Gasteiger partial charge in [-0.2, -0.15) is 0 Å². The van der Waals surface area contributed by atoms with E-state index in [1.165, 1.54) is 17.0 Å². The normalized spacial score (nSPS) is 15.4. The standard InChI is InChI=1S/C13H14BrN3O5/c14-10-2-1-9(7-11(10)17(21)22)15-13(20)16-5-3-8(4-6-16)12(18)19/h1-2,7-8H,3-6H2,(H,15,20)(H,18,19). The first kappa shape index (κ1) is 16.2. The van der Waals surface area contributed by atoms with Gasteiger partial charge in [0.25, 0.3) is 5.69 Å². The largest absolute Gasteiger partial charge is 0.481 e. The molecule has 2 N–H and O–H groups in total. The Labute approximate surface area is 134 Å². The van der Waals surface area contributed by atoms with E-state index in [4.69, 9.17) is 5.11 Å². The second kappa shape index (κ2) is 6.73. The van der Waals surface area contributed by atoms with Crippen LogP contribution in [0.2, 0.25) is 0 Å². The van der Waals surface area contributed by atoms with Crippen molar-refractivity contribution in [3.05, 3.63) is 32.8 Å². The number of aliphatic carboxylic acids is 1. The van der Waals surface area contributed by atoms with Crippen LogP contribution in [-0.2, 0) is 4.79 Å². The molecule has 8 nitrogen and oxygen atoms in total. The average Bonchev–Trinajstić information content (AvgIpc) is 2.49. The van der Waals surface area contributed by atoms with Gasteiger partial charge in [0.2, 0.25) is 0 Å². The van der Waals surface area contributed by atoms with E-state index in [0.717, 1.165) is 0 Å². The van der Waals surface area contributed by atoms with E-state index in [9.17, 15) is 19.7 Å². The second-order valence-electron chi connectivity index (χ2n) is 4.95. The van der Waals surface area contributed by atoms with Gasteiger partial charge in [-0.15, -0.1) is 0 Å². The fourth-order valence-corrected chi connectivity index (χ4v) is 2.65. The van der Waals surface area contributed by atoms with Gasteiger partial charge in [0, 0.05) is 24.8 Å². The van der Waals surface area contributed by atoms with Crippen LogP contribution < -0.4 is 5.32 Å². The zero-order valence-corrected chi connectivity index (χ0v) is 13.1. The third-order valence-electron chi connectivity index (χ3n) is 3.53. The van der Waals surface area contributed by atoms with E-state index in [-0.39, 0.29) is 11.7 Å². The summed E-state index contributed by atoms with van der Waals surface area (Å²) < 4.78 is 0.331. The quantitative estimate of drug-likeness (QED) is 0.626. The summed E-state index contributed by atoms with van der Waals surface area (Å²) in [7, 11) is 0. The molecule has 0 unspecified atom stereocenters. The highest BCUT2D eigenvalue weighted by molar-refractivity contribution is 9.10. The molecular weight excluding hydrogens is 358 g/mol. The summed E-state index contributed by atoms with van der Waals surface area (Å²) in [4.78, 5) is 34.8. The maximum Gasteiger partial charge on any atom is 0.321 e. The molecule has 0 aromatic heterocycles. The highest BCUT2D eigenvalue weighted by atomic mass is 79.9. The molecule has 0 saturated carbocycles. The molecule has 1 heterocycles. The van der Waals surface area contributed by atoms with E-state index >= 15 is 0 Å². The van der Waals surface area contributed by atoms with Crippen LogP contribution in [0.3, 0.4) is 0 Å². The Hall–Kier alpha value is -2.16. The third kappa shape index (κ3) is 3.73. The van der Waals surface area contributed by atoms with Crippen LogP contribution >= 0.6 is 15.9 Å². The van der Waals surface area contributed by atoms with Crippen LogP contribution in [0.4, 0.5) is 16.2 Å².